The van der Waals surface area contributed by atoms with Gasteiger partial charge in [0.25, 0.3) is 5.91 Å². The van der Waals surface area contributed by atoms with Gasteiger partial charge in [-0.1, -0.05) is 49.4 Å². The summed E-state index contributed by atoms with van der Waals surface area (Å²) in [6.45, 7) is 5.64. The molecule has 1 amide bonds. The molecule has 0 unspecified atom stereocenters. The van der Waals surface area contributed by atoms with Crippen molar-refractivity contribution in [3.05, 3.63) is 95.6 Å². The Hall–Kier alpha value is -2.56. The van der Waals surface area contributed by atoms with Crippen LogP contribution in [0, 0.1) is 5.92 Å². The van der Waals surface area contributed by atoms with E-state index in [-0.39, 0.29) is 5.91 Å². The zero-order valence-electron chi connectivity index (χ0n) is 18.1. The maximum atomic E-state index is 12.6. The van der Waals surface area contributed by atoms with Crippen LogP contribution in [0.25, 0.3) is 0 Å². The number of hydrogen-bond acceptors (Lipinski definition) is 3. The van der Waals surface area contributed by atoms with Crippen LogP contribution in [-0.4, -0.2) is 23.9 Å². The maximum Gasteiger partial charge on any atom is 0.255 e. The number of anilines is 1. The van der Waals surface area contributed by atoms with Crippen LogP contribution in [0.2, 0.25) is 0 Å². The number of nitrogens with zero attached hydrogens (tertiary/aromatic N) is 1. The van der Waals surface area contributed by atoms with Gasteiger partial charge in [0.1, 0.15) is 0 Å². The minimum atomic E-state index is -0.0652. The zero-order chi connectivity index (χ0) is 21.5. The summed E-state index contributed by atoms with van der Waals surface area (Å²) < 4.78 is 0. The molecule has 4 heteroatoms. The summed E-state index contributed by atoms with van der Waals surface area (Å²) in [5, 5.41) is 3.01. The molecule has 0 bridgehead atoms. The summed E-state index contributed by atoms with van der Waals surface area (Å²) in [7, 11) is 0. The molecule has 1 aliphatic heterocycles. The minimum Gasteiger partial charge on any atom is -0.322 e. The highest BCUT2D eigenvalue weighted by atomic mass is 32.2. The minimum absolute atomic E-state index is 0.0652. The number of rotatable bonds is 7. The number of thioether (sulfide) groups is 1. The molecule has 1 saturated heterocycles. The fourth-order valence-corrected chi connectivity index (χ4v) is 4.90. The molecule has 1 fully saturated rings. The highest BCUT2D eigenvalue weighted by Gasteiger charge is 2.16. The van der Waals surface area contributed by atoms with Gasteiger partial charge in [0.2, 0.25) is 0 Å². The van der Waals surface area contributed by atoms with Crippen molar-refractivity contribution in [2.45, 2.75) is 37.0 Å². The van der Waals surface area contributed by atoms with Gasteiger partial charge in [-0.05, 0) is 72.8 Å². The average Bonchev–Trinajstić information content (AvgIpc) is 2.80. The Morgan fingerprint density at radius 1 is 0.968 bits per heavy atom. The predicted molar refractivity (Wildman–Crippen MR) is 131 cm³/mol. The first-order valence-corrected chi connectivity index (χ1v) is 12.0. The summed E-state index contributed by atoms with van der Waals surface area (Å²) >= 11 is 1.81. The van der Waals surface area contributed by atoms with Gasteiger partial charge in [0.05, 0.1) is 0 Å². The lowest BCUT2D eigenvalue weighted by Crippen LogP contribution is -2.33. The van der Waals surface area contributed by atoms with Crippen molar-refractivity contribution in [2.75, 3.05) is 18.4 Å². The number of piperidine rings is 1. The summed E-state index contributed by atoms with van der Waals surface area (Å²) in [4.78, 5) is 16.4. The summed E-state index contributed by atoms with van der Waals surface area (Å²) in [6, 6.07) is 26.5. The molecule has 1 N–H and O–H groups in total. The Morgan fingerprint density at radius 2 is 1.68 bits per heavy atom. The maximum absolute atomic E-state index is 12.6. The van der Waals surface area contributed by atoms with Gasteiger partial charge in [-0.2, -0.15) is 0 Å². The van der Waals surface area contributed by atoms with E-state index < -0.39 is 0 Å². The first kappa shape index (κ1) is 21.7. The van der Waals surface area contributed by atoms with Gasteiger partial charge in [0, 0.05) is 35.0 Å². The van der Waals surface area contributed by atoms with E-state index in [1.54, 1.807) is 0 Å². The number of carbonyl (C=O) groups is 1. The fraction of sp³-hybridized carbons (Fsp3) is 0.296. The average molecular weight is 431 g/mol. The van der Waals surface area contributed by atoms with Crippen molar-refractivity contribution in [1.29, 1.82) is 0 Å². The van der Waals surface area contributed by atoms with Crippen LogP contribution in [0.5, 0.6) is 0 Å². The number of likely N-dealkylation sites (tertiary alicyclic amines) is 1. The fourth-order valence-electron chi connectivity index (χ4n) is 4.02. The van der Waals surface area contributed by atoms with Crippen LogP contribution in [-0.2, 0) is 12.3 Å². The third-order valence-electron chi connectivity index (χ3n) is 5.72. The molecule has 3 aromatic rings. The van der Waals surface area contributed by atoms with Crippen LogP contribution in [0.1, 0.15) is 41.3 Å². The van der Waals surface area contributed by atoms with Gasteiger partial charge < -0.3 is 5.32 Å². The highest BCUT2D eigenvalue weighted by molar-refractivity contribution is 7.98. The lowest BCUT2D eigenvalue weighted by atomic mass is 9.99. The molecule has 4 rings (SSSR count). The first-order chi connectivity index (χ1) is 15.2. The van der Waals surface area contributed by atoms with Gasteiger partial charge in [-0.15, -0.1) is 11.8 Å². The zero-order valence-corrected chi connectivity index (χ0v) is 18.9. The van der Waals surface area contributed by atoms with Crippen molar-refractivity contribution in [2.24, 2.45) is 5.92 Å². The van der Waals surface area contributed by atoms with Gasteiger partial charge in [-0.3, -0.25) is 9.69 Å². The molecule has 1 aliphatic rings. The van der Waals surface area contributed by atoms with Gasteiger partial charge >= 0.3 is 0 Å². The lowest BCUT2D eigenvalue weighted by molar-refractivity contribution is 0.102. The Labute approximate surface area is 189 Å². The lowest BCUT2D eigenvalue weighted by Gasteiger charge is -2.30. The molecule has 0 aliphatic carbocycles. The predicted octanol–water partition coefficient (Wildman–Crippen LogP) is 6.46. The monoisotopic (exact) mass is 430 g/mol. The largest absolute Gasteiger partial charge is 0.322 e. The molecular weight excluding hydrogens is 400 g/mol. The first-order valence-electron chi connectivity index (χ1n) is 11.0. The quantitative estimate of drug-likeness (QED) is 0.436. The van der Waals surface area contributed by atoms with Crippen LogP contribution < -0.4 is 5.32 Å². The number of amides is 1. The van der Waals surface area contributed by atoms with E-state index in [1.807, 2.05) is 42.1 Å². The van der Waals surface area contributed by atoms with Crippen molar-refractivity contribution < 1.29 is 4.79 Å². The molecule has 31 heavy (non-hydrogen) atoms. The van der Waals surface area contributed by atoms with Crippen LogP contribution in [0.3, 0.4) is 0 Å². The molecule has 3 nitrogen and oxygen atoms in total. The number of hydrogen-bond donors (Lipinski definition) is 1. The topological polar surface area (TPSA) is 32.3 Å². The Bertz CT molecular complexity index is 970. The van der Waals surface area contributed by atoms with Crippen molar-refractivity contribution in [3.63, 3.8) is 0 Å². The van der Waals surface area contributed by atoms with Gasteiger partial charge in [-0.25, -0.2) is 0 Å². The van der Waals surface area contributed by atoms with Crippen molar-refractivity contribution in [3.8, 4) is 0 Å². The van der Waals surface area contributed by atoms with Gasteiger partial charge in [0.15, 0.2) is 0 Å². The molecule has 3 aromatic carbocycles. The van der Waals surface area contributed by atoms with Crippen LogP contribution in [0.15, 0.2) is 83.8 Å². The van der Waals surface area contributed by atoms with Crippen molar-refractivity contribution in [1.82, 2.24) is 4.90 Å². The molecule has 0 saturated carbocycles. The second kappa shape index (κ2) is 10.7. The van der Waals surface area contributed by atoms with Crippen LogP contribution >= 0.6 is 11.8 Å². The molecule has 0 radical (unpaired) electrons. The summed E-state index contributed by atoms with van der Waals surface area (Å²) in [6.07, 6.45) is 2.62. The van der Waals surface area contributed by atoms with E-state index >= 15 is 0 Å². The van der Waals surface area contributed by atoms with E-state index in [4.69, 9.17) is 0 Å². The number of nitrogens with one attached hydrogen (secondary N) is 1. The van der Waals surface area contributed by atoms with E-state index in [0.717, 1.165) is 23.9 Å². The second-order valence-corrected chi connectivity index (χ2v) is 9.48. The number of benzene rings is 3. The second-order valence-electron chi connectivity index (χ2n) is 8.43. The Balaban J connectivity index is 1.28. The summed E-state index contributed by atoms with van der Waals surface area (Å²) in [5.41, 5.74) is 4.03. The third kappa shape index (κ3) is 6.46. The third-order valence-corrected chi connectivity index (χ3v) is 6.81. The van der Waals surface area contributed by atoms with E-state index in [2.05, 4.69) is 65.7 Å². The Morgan fingerprint density at radius 3 is 2.39 bits per heavy atom. The Kier molecular flexibility index (Phi) is 7.44. The molecule has 0 spiro atoms. The highest BCUT2D eigenvalue weighted by Crippen LogP contribution is 2.23. The molecule has 1 heterocycles. The summed E-state index contributed by atoms with van der Waals surface area (Å²) in [5.74, 6) is 1.63. The van der Waals surface area contributed by atoms with E-state index in [9.17, 15) is 4.79 Å². The van der Waals surface area contributed by atoms with E-state index in [0.29, 0.717) is 5.56 Å². The SMILES string of the molecule is C[C@H]1CCCN(Cc2ccc(C(=O)Nc3ccc(CSc4ccccc4)cc3)cc2)C1. The van der Waals surface area contributed by atoms with Crippen LogP contribution in [0.4, 0.5) is 5.69 Å². The van der Waals surface area contributed by atoms with E-state index in [1.165, 1.54) is 42.0 Å². The molecule has 160 valence electrons. The number of carbonyl (C=O) groups excluding carboxylic acids is 1. The molecule has 1 atom stereocenters. The smallest absolute Gasteiger partial charge is 0.255 e. The molecule has 0 aromatic heterocycles. The normalized spacial score (nSPS) is 16.7. The molecular formula is C27H30N2OS. The standard InChI is InChI=1S/C27H30N2OS/c1-21-6-5-17-29(18-21)19-22-9-13-24(14-10-22)27(30)28-25-15-11-23(12-16-25)20-31-26-7-3-2-4-8-26/h2-4,7-16,21H,5-6,17-20H2,1H3,(H,28,30)/t21-/m0/s1. The van der Waals surface area contributed by atoms with Crippen molar-refractivity contribution >= 4 is 23.4 Å².